The van der Waals surface area contributed by atoms with Crippen molar-refractivity contribution in [2.75, 3.05) is 13.7 Å². The first-order chi connectivity index (χ1) is 8.13. The fourth-order valence-corrected chi connectivity index (χ4v) is 1.33. The van der Waals surface area contributed by atoms with Gasteiger partial charge in [0.25, 0.3) is 0 Å². The van der Waals surface area contributed by atoms with E-state index in [1.807, 2.05) is 6.07 Å². The van der Waals surface area contributed by atoms with Crippen LogP contribution in [0.5, 0.6) is 0 Å². The average molecular weight is 240 g/mol. The third kappa shape index (κ3) is 4.69. The van der Waals surface area contributed by atoms with Crippen molar-refractivity contribution in [1.29, 1.82) is 0 Å². The molecule has 17 heavy (non-hydrogen) atoms. The molecule has 0 aliphatic heterocycles. The zero-order valence-corrected chi connectivity index (χ0v) is 9.86. The molecule has 1 unspecified atom stereocenters. The molecule has 6 heteroatoms. The maximum atomic E-state index is 11.3. The number of hydrogen-bond donors (Lipinski definition) is 2. The zero-order chi connectivity index (χ0) is 12.7. The summed E-state index contributed by atoms with van der Waals surface area (Å²) in [4.78, 5) is 22.2. The molecular weight excluding hydrogens is 224 g/mol. The molecule has 94 valence electrons. The van der Waals surface area contributed by atoms with Crippen LogP contribution in [0.3, 0.4) is 0 Å². The first kappa shape index (κ1) is 13.2. The van der Waals surface area contributed by atoms with E-state index in [1.54, 1.807) is 12.5 Å². The molecule has 1 heterocycles. The van der Waals surface area contributed by atoms with Gasteiger partial charge in [0, 0.05) is 25.6 Å². The summed E-state index contributed by atoms with van der Waals surface area (Å²) in [7, 11) is 1.28. The lowest BCUT2D eigenvalue weighted by Crippen LogP contribution is -2.46. The van der Waals surface area contributed by atoms with E-state index in [0.717, 1.165) is 5.56 Å². The number of rotatable bonds is 6. The highest BCUT2D eigenvalue weighted by atomic mass is 16.5. The zero-order valence-electron chi connectivity index (χ0n) is 9.86. The summed E-state index contributed by atoms with van der Waals surface area (Å²) in [6.45, 7) is 2.22. The maximum absolute atomic E-state index is 11.3. The summed E-state index contributed by atoms with van der Waals surface area (Å²) in [5.41, 5.74) is 0.969. The van der Waals surface area contributed by atoms with Crippen molar-refractivity contribution in [3.63, 3.8) is 0 Å². The van der Waals surface area contributed by atoms with Gasteiger partial charge in [0.15, 0.2) is 0 Å². The Morgan fingerprint density at radius 3 is 2.82 bits per heavy atom. The third-order valence-electron chi connectivity index (χ3n) is 2.12. The predicted octanol–water partition coefficient (Wildman–Crippen LogP) is 0.0469. The SMILES string of the molecule is COC(=O)C(CNCc1ccoc1)NC(C)=O. The highest BCUT2D eigenvalue weighted by Gasteiger charge is 2.19. The van der Waals surface area contributed by atoms with E-state index in [9.17, 15) is 9.59 Å². The van der Waals surface area contributed by atoms with Crippen LogP contribution >= 0.6 is 0 Å². The second kappa shape index (κ2) is 6.70. The number of hydrogen-bond acceptors (Lipinski definition) is 5. The lowest BCUT2D eigenvalue weighted by molar-refractivity contribution is -0.144. The van der Waals surface area contributed by atoms with Gasteiger partial charge in [0.2, 0.25) is 5.91 Å². The first-order valence-corrected chi connectivity index (χ1v) is 5.20. The van der Waals surface area contributed by atoms with E-state index in [-0.39, 0.29) is 5.91 Å². The Balaban J connectivity index is 2.38. The molecule has 0 aliphatic carbocycles. The van der Waals surface area contributed by atoms with Gasteiger partial charge in [-0.2, -0.15) is 0 Å². The highest BCUT2D eigenvalue weighted by Crippen LogP contribution is 1.98. The largest absolute Gasteiger partial charge is 0.472 e. The summed E-state index contributed by atoms with van der Waals surface area (Å²) in [5.74, 6) is -0.745. The van der Waals surface area contributed by atoms with Crippen LogP contribution in [0.1, 0.15) is 12.5 Å². The fraction of sp³-hybridized carbons (Fsp3) is 0.455. The number of methoxy groups -OCH3 is 1. The van der Waals surface area contributed by atoms with E-state index >= 15 is 0 Å². The maximum Gasteiger partial charge on any atom is 0.329 e. The standard InChI is InChI=1S/C11H16N2O4/c1-8(14)13-10(11(15)16-2)6-12-5-9-3-4-17-7-9/h3-4,7,10,12H,5-6H2,1-2H3,(H,13,14). The quantitative estimate of drug-likeness (QED) is 0.686. The van der Waals surface area contributed by atoms with Gasteiger partial charge in [-0.1, -0.05) is 0 Å². The molecule has 1 atom stereocenters. The minimum Gasteiger partial charge on any atom is -0.472 e. The van der Waals surface area contributed by atoms with Gasteiger partial charge < -0.3 is 19.8 Å². The van der Waals surface area contributed by atoms with Crippen LogP contribution in [0.25, 0.3) is 0 Å². The molecule has 6 nitrogen and oxygen atoms in total. The van der Waals surface area contributed by atoms with E-state index in [4.69, 9.17) is 4.42 Å². The van der Waals surface area contributed by atoms with Gasteiger partial charge in [0.1, 0.15) is 6.04 Å². The Morgan fingerprint density at radius 1 is 1.53 bits per heavy atom. The molecule has 0 aliphatic rings. The normalized spacial score (nSPS) is 11.9. The lowest BCUT2D eigenvalue weighted by atomic mass is 10.2. The molecule has 1 aromatic rings. The van der Waals surface area contributed by atoms with Crippen molar-refractivity contribution in [1.82, 2.24) is 10.6 Å². The summed E-state index contributed by atoms with van der Waals surface area (Å²) < 4.78 is 9.49. The summed E-state index contributed by atoms with van der Waals surface area (Å²) in [6.07, 6.45) is 3.18. The van der Waals surface area contributed by atoms with Crippen LogP contribution in [-0.2, 0) is 20.9 Å². The molecular formula is C11H16N2O4. The second-order valence-electron chi connectivity index (χ2n) is 3.54. The number of amides is 1. The van der Waals surface area contributed by atoms with Crippen molar-refractivity contribution in [3.8, 4) is 0 Å². The fourth-order valence-electron chi connectivity index (χ4n) is 1.33. The van der Waals surface area contributed by atoms with Crippen LogP contribution in [0.4, 0.5) is 0 Å². The van der Waals surface area contributed by atoms with Crippen molar-refractivity contribution in [2.24, 2.45) is 0 Å². The molecule has 0 radical (unpaired) electrons. The van der Waals surface area contributed by atoms with Crippen molar-refractivity contribution < 1.29 is 18.7 Å². The Bertz CT molecular complexity index is 362. The van der Waals surface area contributed by atoms with Gasteiger partial charge in [0.05, 0.1) is 19.6 Å². The molecule has 0 aromatic carbocycles. The van der Waals surface area contributed by atoms with Gasteiger partial charge >= 0.3 is 5.97 Å². The lowest BCUT2D eigenvalue weighted by Gasteiger charge is -2.15. The van der Waals surface area contributed by atoms with Gasteiger partial charge in [-0.15, -0.1) is 0 Å². The monoisotopic (exact) mass is 240 g/mol. The van der Waals surface area contributed by atoms with E-state index < -0.39 is 12.0 Å². The Hall–Kier alpha value is -1.82. The van der Waals surface area contributed by atoms with Gasteiger partial charge in [-0.25, -0.2) is 4.79 Å². The molecule has 1 aromatic heterocycles. The number of carbonyl (C=O) groups is 2. The molecule has 0 fully saturated rings. The second-order valence-corrected chi connectivity index (χ2v) is 3.54. The summed E-state index contributed by atoms with van der Waals surface area (Å²) in [5, 5.41) is 5.54. The van der Waals surface area contributed by atoms with E-state index in [1.165, 1.54) is 14.0 Å². The molecule has 0 saturated heterocycles. The Labute approximate surface area is 99.3 Å². The molecule has 1 amide bonds. The van der Waals surface area contributed by atoms with Crippen molar-refractivity contribution in [3.05, 3.63) is 24.2 Å². The first-order valence-electron chi connectivity index (χ1n) is 5.20. The van der Waals surface area contributed by atoms with Crippen molar-refractivity contribution in [2.45, 2.75) is 19.5 Å². The summed E-state index contributed by atoms with van der Waals surface area (Å²) >= 11 is 0. The Morgan fingerprint density at radius 2 is 2.29 bits per heavy atom. The number of carbonyl (C=O) groups excluding carboxylic acids is 2. The number of nitrogens with one attached hydrogen (secondary N) is 2. The van der Waals surface area contributed by atoms with Gasteiger partial charge in [-0.3, -0.25) is 4.79 Å². The van der Waals surface area contributed by atoms with Crippen molar-refractivity contribution >= 4 is 11.9 Å². The van der Waals surface area contributed by atoms with E-state index in [2.05, 4.69) is 15.4 Å². The molecule has 2 N–H and O–H groups in total. The van der Waals surface area contributed by atoms with Crippen LogP contribution in [0, 0.1) is 0 Å². The predicted molar refractivity (Wildman–Crippen MR) is 60.0 cm³/mol. The average Bonchev–Trinajstić information content (AvgIpc) is 2.79. The van der Waals surface area contributed by atoms with Crippen LogP contribution in [0.15, 0.2) is 23.0 Å². The molecule has 1 rings (SSSR count). The number of ether oxygens (including phenoxy) is 1. The number of furan rings is 1. The third-order valence-corrected chi connectivity index (χ3v) is 2.12. The number of esters is 1. The summed E-state index contributed by atoms with van der Waals surface area (Å²) in [6, 6.07) is 1.14. The topological polar surface area (TPSA) is 80.6 Å². The molecule has 0 bridgehead atoms. The van der Waals surface area contributed by atoms with Crippen LogP contribution < -0.4 is 10.6 Å². The minimum atomic E-state index is -0.676. The molecule has 0 spiro atoms. The smallest absolute Gasteiger partial charge is 0.329 e. The minimum absolute atomic E-state index is 0.273. The van der Waals surface area contributed by atoms with Crippen LogP contribution in [-0.4, -0.2) is 31.6 Å². The van der Waals surface area contributed by atoms with Gasteiger partial charge in [-0.05, 0) is 6.07 Å². The highest BCUT2D eigenvalue weighted by molar-refractivity contribution is 5.83. The Kier molecular flexibility index (Phi) is 5.22. The van der Waals surface area contributed by atoms with Crippen LogP contribution in [0.2, 0.25) is 0 Å². The molecule has 0 saturated carbocycles. The van der Waals surface area contributed by atoms with E-state index in [0.29, 0.717) is 13.1 Å².